The molecule has 0 aliphatic heterocycles. The summed E-state index contributed by atoms with van der Waals surface area (Å²) in [5, 5.41) is 19.1. The van der Waals surface area contributed by atoms with Crippen molar-refractivity contribution in [1.82, 2.24) is 4.98 Å². The van der Waals surface area contributed by atoms with Crippen molar-refractivity contribution in [2.45, 2.75) is 25.7 Å². The van der Waals surface area contributed by atoms with E-state index < -0.39 is 52.2 Å². The number of fused-ring (bicyclic) bond motifs is 1. The lowest BCUT2D eigenvalue weighted by atomic mass is 9.66. The molecule has 3 unspecified atom stereocenters. The number of ketones is 1. The van der Waals surface area contributed by atoms with Gasteiger partial charge in [0, 0.05) is 11.6 Å². The number of nitriles is 2. The van der Waals surface area contributed by atoms with Crippen LogP contribution in [0.25, 0.3) is 0 Å². The molecule has 1 aliphatic carbocycles. The van der Waals surface area contributed by atoms with Crippen LogP contribution in [0.3, 0.4) is 0 Å². The number of carbonyl (C=O) groups excluding carboxylic acids is 3. The first-order chi connectivity index (χ1) is 16.3. The van der Waals surface area contributed by atoms with Crippen molar-refractivity contribution in [2.75, 3.05) is 20.3 Å². The number of pyridine rings is 1. The van der Waals surface area contributed by atoms with Gasteiger partial charge in [-0.15, -0.1) is 0 Å². The molecule has 3 atom stereocenters. The van der Waals surface area contributed by atoms with E-state index in [1.807, 2.05) is 0 Å². The average molecular weight is 463 g/mol. The molecule has 0 amide bonds. The minimum atomic E-state index is -1.53. The molecule has 34 heavy (non-hydrogen) atoms. The average Bonchev–Trinajstić information content (AvgIpc) is 2.83. The molecule has 1 N–H and O–H groups in total. The number of methoxy groups -OCH3 is 1. The van der Waals surface area contributed by atoms with Gasteiger partial charge >= 0.3 is 11.9 Å². The van der Waals surface area contributed by atoms with Gasteiger partial charge in [-0.25, -0.2) is 0 Å². The number of nitrogens with zero attached hydrogens (tertiary/aromatic N) is 2. The van der Waals surface area contributed by atoms with Crippen molar-refractivity contribution < 1.29 is 28.6 Å². The number of aromatic amines is 1. The van der Waals surface area contributed by atoms with Gasteiger partial charge in [-0.2, -0.15) is 10.5 Å². The molecule has 10 nitrogen and oxygen atoms in total. The Kier molecular flexibility index (Phi) is 7.12. The Morgan fingerprint density at radius 2 is 1.50 bits per heavy atom. The van der Waals surface area contributed by atoms with Crippen LogP contribution in [0.4, 0.5) is 0 Å². The topological polar surface area (TPSA) is 159 Å². The largest absolute Gasteiger partial charge is 0.497 e. The SMILES string of the molecule is CCOC(=O)C1C(=O)c2c([nH]c(=O)c(C#N)c2C#N)C(C(=O)OCC)C1c1ccc(OC)cc1. The predicted octanol–water partition coefficient (Wildman–Crippen LogP) is 1.93. The molecule has 0 bridgehead atoms. The van der Waals surface area contributed by atoms with Gasteiger partial charge < -0.3 is 19.2 Å². The molecule has 0 spiro atoms. The first-order valence-electron chi connectivity index (χ1n) is 10.5. The summed E-state index contributed by atoms with van der Waals surface area (Å²) in [6, 6.07) is 9.71. The first kappa shape index (κ1) is 24.2. The van der Waals surface area contributed by atoms with Crippen LogP contribution in [0.5, 0.6) is 5.75 Å². The summed E-state index contributed by atoms with van der Waals surface area (Å²) < 4.78 is 15.5. The van der Waals surface area contributed by atoms with E-state index in [0.717, 1.165) is 0 Å². The van der Waals surface area contributed by atoms with E-state index in [0.29, 0.717) is 11.3 Å². The number of nitrogens with one attached hydrogen (secondary N) is 1. The van der Waals surface area contributed by atoms with Crippen LogP contribution < -0.4 is 10.3 Å². The number of ether oxygens (including phenoxy) is 3. The lowest BCUT2D eigenvalue weighted by molar-refractivity contribution is -0.150. The maximum Gasteiger partial charge on any atom is 0.317 e. The van der Waals surface area contributed by atoms with Gasteiger partial charge in [0.1, 0.15) is 35.3 Å². The summed E-state index contributed by atoms with van der Waals surface area (Å²) in [4.78, 5) is 54.9. The monoisotopic (exact) mass is 463 g/mol. The van der Waals surface area contributed by atoms with Gasteiger partial charge in [-0.05, 0) is 31.5 Å². The molecule has 174 valence electrons. The Bertz CT molecular complexity index is 1280. The number of benzene rings is 1. The van der Waals surface area contributed by atoms with E-state index in [2.05, 4.69) is 4.98 Å². The van der Waals surface area contributed by atoms with Crippen LogP contribution in [-0.2, 0) is 19.1 Å². The molecule has 1 aromatic heterocycles. The van der Waals surface area contributed by atoms with E-state index in [1.54, 1.807) is 50.3 Å². The zero-order valence-corrected chi connectivity index (χ0v) is 18.7. The zero-order valence-electron chi connectivity index (χ0n) is 18.7. The number of Topliss-reactive ketones (excluding diaryl/α,β-unsaturated/α-hetero) is 1. The number of esters is 2. The molecular formula is C24H21N3O7. The minimum absolute atomic E-state index is 0.0103. The van der Waals surface area contributed by atoms with E-state index in [4.69, 9.17) is 14.2 Å². The minimum Gasteiger partial charge on any atom is -0.497 e. The molecule has 0 saturated carbocycles. The molecular weight excluding hydrogens is 442 g/mol. The Labute approximate surface area is 194 Å². The predicted molar refractivity (Wildman–Crippen MR) is 116 cm³/mol. The summed E-state index contributed by atoms with van der Waals surface area (Å²) in [6.45, 7) is 3.11. The van der Waals surface area contributed by atoms with Crippen molar-refractivity contribution in [3.05, 3.63) is 62.6 Å². The molecule has 10 heteroatoms. The van der Waals surface area contributed by atoms with Gasteiger partial charge in [0.2, 0.25) is 0 Å². The normalized spacial score (nSPS) is 18.7. The quantitative estimate of drug-likeness (QED) is 0.499. The van der Waals surface area contributed by atoms with Crippen LogP contribution >= 0.6 is 0 Å². The molecule has 1 aliphatic rings. The Balaban J connectivity index is 2.41. The number of H-pyrrole nitrogens is 1. The van der Waals surface area contributed by atoms with Crippen LogP contribution in [0.15, 0.2) is 29.1 Å². The standard InChI is InChI=1S/C24H21N3O7/c1-4-33-23(30)18-16(12-6-8-13(32-3)9-7-12)19(24(31)34-5-2)21(28)17-14(10-25)15(11-26)22(29)27-20(17)18/h6-9,16,18-19H,4-5H2,1-3H3,(H,27,29). The van der Waals surface area contributed by atoms with Crippen LogP contribution in [0, 0.1) is 28.6 Å². The summed E-state index contributed by atoms with van der Waals surface area (Å²) in [5.74, 6) is -6.01. The molecule has 0 saturated heterocycles. The summed E-state index contributed by atoms with van der Waals surface area (Å²) in [6.07, 6.45) is 0. The smallest absolute Gasteiger partial charge is 0.317 e. The third-order valence-corrected chi connectivity index (χ3v) is 5.61. The molecule has 1 heterocycles. The Morgan fingerprint density at radius 3 is 2.00 bits per heavy atom. The molecule has 2 aromatic rings. The van der Waals surface area contributed by atoms with Gasteiger partial charge in [0.15, 0.2) is 5.78 Å². The Morgan fingerprint density at radius 1 is 0.941 bits per heavy atom. The van der Waals surface area contributed by atoms with Gasteiger partial charge in [0.05, 0.1) is 31.5 Å². The lowest BCUT2D eigenvalue weighted by Gasteiger charge is -2.36. The van der Waals surface area contributed by atoms with Crippen LogP contribution in [0.1, 0.15) is 58.4 Å². The number of rotatable bonds is 6. The first-order valence-corrected chi connectivity index (χ1v) is 10.5. The molecule has 1 aromatic carbocycles. The second kappa shape index (κ2) is 10.0. The maximum absolute atomic E-state index is 13.7. The number of carbonyl (C=O) groups is 3. The fraction of sp³-hybridized carbons (Fsp3) is 0.333. The van der Waals surface area contributed by atoms with Gasteiger partial charge in [-0.3, -0.25) is 19.2 Å². The molecule has 0 radical (unpaired) electrons. The van der Waals surface area contributed by atoms with Crippen LogP contribution in [-0.4, -0.2) is 43.0 Å². The third-order valence-electron chi connectivity index (χ3n) is 5.61. The fourth-order valence-corrected chi connectivity index (χ4v) is 4.21. The van der Waals surface area contributed by atoms with E-state index in [9.17, 15) is 29.7 Å². The maximum atomic E-state index is 13.7. The zero-order chi connectivity index (χ0) is 25.0. The number of hydrogen-bond acceptors (Lipinski definition) is 9. The second-order valence-electron chi connectivity index (χ2n) is 7.34. The van der Waals surface area contributed by atoms with Crippen molar-refractivity contribution in [3.8, 4) is 17.9 Å². The van der Waals surface area contributed by atoms with Gasteiger partial charge in [0.25, 0.3) is 5.56 Å². The number of hydrogen-bond donors (Lipinski definition) is 1. The summed E-state index contributed by atoms with van der Waals surface area (Å²) in [5.41, 5.74) is -2.13. The van der Waals surface area contributed by atoms with Crippen LogP contribution in [0.2, 0.25) is 0 Å². The third kappa shape index (κ3) is 4.02. The summed E-state index contributed by atoms with van der Waals surface area (Å²) in [7, 11) is 1.47. The van der Waals surface area contributed by atoms with Crippen molar-refractivity contribution in [3.63, 3.8) is 0 Å². The van der Waals surface area contributed by atoms with Crippen molar-refractivity contribution >= 4 is 17.7 Å². The summed E-state index contributed by atoms with van der Waals surface area (Å²) >= 11 is 0. The highest BCUT2D eigenvalue weighted by molar-refractivity contribution is 6.14. The van der Waals surface area contributed by atoms with Gasteiger partial charge in [-0.1, -0.05) is 12.1 Å². The second-order valence-corrected chi connectivity index (χ2v) is 7.34. The van der Waals surface area contributed by atoms with E-state index in [1.165, 1.54) is 7.11 Å². The fourth-order valence-electron chi connectivity index (χ4n) is 4.21. The number of aromatic nitrogens is 1. The lowest BCUT2D eigenvalue weighted by Crippen LogP contribution is -2.44. The molecule has 0 fully saturated rings. The highest BCUT2D eigenvalue weighted by Crippen LogP contribution is 2.47. The highest BCUT2D eigenvalue weighted by atomic mass is 16.5. The molecule has 3 rings (SSSR count). The van der Waals surface area contributed by atoms with Crippen molar-refractivity contribution in [1.29, 1.82) is 10.5 Å². The van der Waals surface area contributed by atoms with E-state index >= 15 is 0 Å². The highest BCUT2D eigenvalue weighted by Gasteiger charge is 2.52. The Hall–Kier alpha value is -4.44. The van der Waals surface area contributed by atoms with Crippen molar-refractivity contribution in [2.24, 2.45) is 5.92 Å². The van der Waals surface area contributed by atoms with E-state index in [-0.39, 0.29) is 24.5 Å².